The van der Waals surface area contributed by atoms with Gasteiger partial charge in [0.15, 0.2) is 0 Å². The molecule has 14 heavy (non-hydrogen) atoms. The van der Waals surface area contributed by atoms with Crippen LogP contribution in [-0.2, 0) is 4.74 Å². The number of halogens is 2. The number of benzene rings is 1. The summed E-state index contributed by atoms with van der Waals surface area (Å²) in [6.07, 6.45) is 0. The molecular formula is C10H12Br2O2. The van der Waals surface area contributed by atoms with Gasteiger partial charge in [-0.3, -0.25) is 0 Å². The zero-order valence-corrected chi connectivity index (χ0v) is 11.1. The Morgan fingerprint density at radius 1 is 1.14 bits per heavy atom. The Hall–Kier alpha value is -0.0600. The van der Waals surface area contributed by atoms with E-state index in [-0.39, 0.29) is 0 Å². The Balaban J connectivity index is 2.49. The van der Waals surface area contributed by atoms with Crippen molar-refractivity contribution in [1.29, 1.82) is 0 Å². The molecule has 0 aliphatic rings. The molecule has 0 aromatic heterocycles. The topological polar surface area (TPSA) is 18.5 Å². The van der Waals surface area contributed by atoms with Gasteiger partial charge in [-0.05, 0) is 50.9 Å². The van der Waals surface area contributed by atoms with Gasteiger partial charge < -0.3 is 9.47 Å². The number of hydrogen-bond acceptors (Lipinski definition) is 2. The van der Waals surface area contributed by atoms with Crippen molar-refractivity contribution in [2.24, 2.45) is 0 Å². The maximum atomic E-state index is 5.55. The lowest BCUT2D eigenvalue weighted by molar-refractivity contribution is 0.109. The van der Waals surface area contributed by atoms with Gasteiger partial charge in [0.05, 0.1) is 15.6 Å². The van der Waals surface area contributed by atoms with Crippen LogP contribution in [0.3, 0.4) is 0 Å². The molecule has 0 N–H and O–H groups in total. The van der Waals surface area contributed by atoms with Crippen LogP contribution in [-0.4, -0.2) is 19.8 Å². The summed E-state index contributed by atoms with van der Waals surface area (Å²) in [5, 5.41) is 0. The van der Waals surface area contributed by atoms with Crippen LogP contribution < -0.4 is 4.74 Å². The van der Waals surface area contributed by atoms with Crippen LogP contribution in [0.5, 0.6) is 5.75 Å². The van der Waals surface area contributed by atoms with Crippen LogP contribution in [0, 0.1) is 0 Å². The molecule has 0 amide bonds. The van der Waals surface area contributed by atoms with Gasteiger partial charge in [-0.2, -0.15) is 0 Å². The lowest BCUT2D eigenvalue weighted by Crippen LogP contribution is -2.06. The van der Waals surface area contributed by atoms with Crippen molar-refractivity contribution in [1.82, 2.24) is 0 Å². The number of para-hydroxylation sites is 1. The van der Waals surface area contributed by atoms with Crippen molar-refractivity contribution >= 4 is 31.9 Å². The molecule has 0 saturated heterocycles. The molecule has 0 radical (unpaired) electrons. The Bertz CT molecular complexity index is 269. The first kappa shape index (κ1) is 12.0. The second-order valence-corrected chi connectivity index (χ2v) is 4.30. The van der Waals surface area contributed by atoms with Gasteiger partial charge in [-0.15, -0.1) is 0 Å². The molecule has 0 atom stereocenters. The molecule has 2 nitrogen and oxygen atoms in total. The maximum absolute atomic E-state index is 5.55. The molecule has 0 aliphatic heterocycles. The lowest BCUT2D eigenvalue weighted by atomic mass is 10.3. The van der Waals surface area contributed by atoms with Crippen LogP contribution in [0.15, 0.2) is 27.1 Å². The van der Waals surface area contributed by atoms with Crippen LogP contribution in [0.25, 0.3) is 0 Å². The highest BCUT2D eigenvalue weighted by atomic mass is 79.9. The van der Waals surface area contributed by atoms with Crippen molar-refractivity contribution in [3.63, 3.8) is 0 Å². The van der Waals surface area contributed by atoms with Crippen molar-refractivity contribution in [2.75, 3.05) is 19.8 Å². The second-order valence-electron chi connectivity index (χ2n) is 2.60. The summed E-state index contributed by atoms with van der Waals surface area (Å²) in [5.74, 6) is 0.826. The predicted molar refractivity (Wildman–Crippen MR) is 63.8 cm³/mol. The van der Waals surface area contributed by atoms with Gasteiger partial charge >= 0.3 is 0 Å². The molecule has 0 aliphatic carbocycles. The minimum atomic E-state index is 0.565. The van der Waals surface area contributed by atoms with Crippen molar-refractivity contribution in [3.8, 4) is 5.75 Å². The third kappa shape index (κ3) is 3.59. The second kappa shape index (κ2) is 6.43. The summed E-state index contributed by atoms with van der Waals surface area (Å²) in [6.45, 7) is 3.87. The Labute approximate surface area is 101 Å². The van der Waals surface area contributed by atoms with E-state index in [4.69, 9.17) is 9.47 Å². The highest BCUT2D eigenvalue weighted by molar-refractivity contribution is 9.11. The monoisotopic (exact) mass is 322 g/mol. The standard InChI is InChI=1S/C10H12Br2O2/c1-2-13-6-7-14-10-8(11)4-3-5-9(10)12/h3-5H,2,6-7H2,1H3. The fraction of sp³-hybridized carbons (Fsp3) is 0.400. The molecule has 0 unspecified atom stereocenters. The molecule has 1 aromatic rings. The number of rotatable bonds is 5. The summed E-state index contributed by atoms with van der Waals surface area (Å²) in [5.41, 5.74) is 0. The van der Waals surface area contributed by atoms with E-state index >= 15 is 0 Å². The fourth-order valence-electron chi connectivity index (χ4n) is 0.967. The normalized spacial score (nSPS) is 10.2. The third-order valence-corrected chi connectivity index (χ3v) is 2.85. The van der Waals surface area contributed by atoms with Crippen molar-refractivity contribution in [2.45, 2.75) is 6.92 Å². The van der Waals surface area contributed by atoms with Crippen molar-refractivity contribution in [3.05, 3.63) is 27.1 Å². The number of ether oxygens (including phenoxy) is 2. The number of hydrogen-bond donors (Lipinski definition) is 0. The molecule has 0 fully saturated rings. The Kier molecular flexibility index (Phi) is 5.52. The average Bonchev–Trinajstić information content (AvgIpc) is 2.16. The first-order valence-corrected chi connectivity index (χ1v) is 5.99. The summed E-state index contributed by atoms with van der Waals surface area (Å²) in [4.78, 5) is 0. The van der Waals surface area contributed by atoms with E-state index in [9.17, 15) is 0 Å². The summed E-state index contributed by atoms with van der Waals surface area (Å²) >= 11 is 6.84. The molecule has 78 valence electrons. The van der Waals surface area contributed by atoms with Gasteiger partial charge in [-0.25, -0.2) is 0 Å². The molecular weight excluding hydrogens is 312 g/mol. The molecule has 0 bridgehead atoms. The quantitative estimate of drug-likeness (QED) is 0.770. The molecule has 0 spiro atoms. The van der Waals surface area contributed by atoms with Crippen molar-refractivity contribution < 1.29 is 9.47 Å². The summed E-state index contributed by atoms with van der Waals surface area (Å²) in [6, 6.07) is 5.84. The highest BCUT2D eigenvalue weighted by Crippen LogP contribution is 2.32. The minimum Gasteiger partial charge on any atom is -0.489 e. The van der Waals surface area contributed by atoms with Gasteiger partial charge in [0.25, 0.3) is 0 Å². The molecule has 0 heterocycles. The SMILES string of the molecule is CCOCCOc1c(Br)cccc1Br. The van der Waals surface area contributed by atoms with E-state index in [1.54, 1.807) is 0 Å². The van der Waals surface area contributed by atoms with E-state index < -0.39 is 0 Å². The van der Waals surface area contributed by atoms with Gasteiger partial charge in [-0.1, -0.05) is 6.07 Å². The van der Waals surface area contributed by atoms with Gasteiger partial charge in [0.2, 0.25) is 0 Å². The molecule has 0 saturated carbocycles. The van der Waals surface area contributed by atoms with E-state index in [1.165, 1.54) is 0 Å². The molecule has 1 aromatic carbocycles. The predicted octanol–water partition coefficient (Wildman–Crippen LogP) is 3.63. The van der Waals surface area contributed by atoms with Crippen LogP contribution in [0.1, 0.15) is 6.92 Å². The summed E-state index contributed by atoms with van der Waals surface area (Å²) < 4.78 is 12.6. The first-order valence-electron chi connectivity index (χ1n) is 4.40. The highest BCUT2D eigenvalue weighted by Gasteiger charge is 2.04. The maximum Gasteiger partial charge on any atom is 0.147 e. The molecule has 4 heteroatoms. The lowest BCUT2D eigenvalue weighted by Gasteiger charge is -2.09. The van der Waals surface area contributed by atoms with E-state index in [0.717, 1.165) is 21.3 Å². The van der Waals surface area contributed by atoms with Crippen LogP contribution in [0.4, 0.5) is 0 Å². The van der Waals surface area contributed by atoms with Gasteiger partial charge in [0, 0.05) is 6.61 Å². The van der Waals surface area contributed by atoms with Gasteiger partial charge in [0.1, 0.15) is 12.4 Å². The zero-order valence-electron chi connectivity index (χ0n) is 7.93. The Morgan fingerprint density at radius 3 is 2.36 bits per heavy atom. The van der Waals surface area contributed by atoms with E-state index in [2.05, 4.69) is 31.9 Å². The molecule has 1 rings (SSSR count). The third-order valence-electron chi connectivity index (χ3n) is 1.60. The minimum absolute atomic E-state index is 0.565. The Morgan fingerprint density at radius 2 is 1.79 bits per heavy atom. The smallest absolute Gasteiger partial charge is 0.147 e. The largest absolute Gasteiger partial charge is 0.489 e. The average molecular weight is 324 g/mol. The first-order chi connectivity index (χ1) is 6.75. The van der Waals surface area contributed by atoms with E-state index in [0.29, 0.717) is 13.2 Å². The van der Waals surface area contributed by atoms with Crippen LogP contribution >= 0.6 is 31.9 Å². The zero-order chi connectivity index (χ0) is 10.4. The van der Waals surface area contributed by atoms with E-state index in [1.807, 2.05) is 25.1 Å². The fourth-order valence-corrected chi connectivity index (χ4v) is 2.19. The summed E-state index contributed by atoms with van der Waals surface area (Å²) in [7, 11) is 0. The van der Waals surface area contributed by atoms with Crippen LogP contribution in [0.2, 0.25) is 0 Å².